The molecule has 0 unspecified atom stereocenters. The third-order valence-corrected chi connectivity index (χ3v) is 5.93. The zero-order valence-corrected chi connectivity index (χ0v) is 21.0. The predicted molar refractivity (Wildman–Crippen MR) is 134 cm³/mol. The summed E-state index contributed by atoms with van der Waals surface area (Å²) in [6, 6.07) is 10.9. The lowest BCUT2D eigenvalue weighted by molar-refractivity contribution is 0.0512. The van der Waals surface area contributed by atoms with Crippen molar-refractivity contribution >= 4 is 29.9 Å². The van der Waals surface area contributed by atoms with E-state index >= 15 is 0 Å². The largest absolute Gasteiger partial charge is 0.381 e. The molecule has 2 aromatic rings. The number of hydrogen-bond acceptors (Lipinski definition) is 3. The summed E-state index contributed by atoms with van der Waals surface area (Å²) in [5.74, 6) is 0.859. The van der Waals surface area contributed by atoms with E-state index in [1.165, 1.54) is 16.8 Å². The van der Waals surface area contributed by atoms with Crippen LogP contribution in [0.4, 0.5) is 0 Å². The van der Waals surface area contributed by atoms with Crippen molar-refractivity contribution in [3.05, 3.63) is 52.8 Å². The summed E-state index contributed by atoms with van der Waals surface area (Å²) in [7, 11) is 1.83. The summed E-state index contributed by atoms with van der Waals surface area (Å²) >= 11 is 0. The molecule has 30 heavy (non-hydrogen) atoms. The zero-order valence-electron chi connectivity index (χ0n) is 18.7. The number of nitrogens with one attached hydrogen (secondary N) is 2. The molecule has 6 nitrogen and oxygen atoms in total. The van der Waals surface area contributed by atoms with Crippen molar-refractivity contribution in [2.75, 3.05) is 33.4 Å². The standard InChI is InChI=1S/C23H35N5O.HI/c1-18-8-5-6-9-21(18)23(10-14-29-15-11-23)17-26-22(24-4)25-12-7-13-28-20(3)16-19(2)27-28;/h5-6,8-9,16H,7,10-15,17H2,1-4H3,(H2,24,25,26);1H. The zero-order chi connectivity index (χ0) is 20.7. The molecular weight excluding hydrogens is 489 g/mol. The van der Waals surface area contributed by atoms with E-state index in [0.717, 1.165) is 63.8 Å². The molecule has 1 aliphatic rings. The normalized spacial score (nSPS) is 16.1. The van der Waals surface area contributed by atoms with E-state index in [0.29, 0.717) is 0 Å². The SMILES string of the molecule is CN=C(NCCCn1nc(C)cc1C)NCC1(c2ccccc2C)CCOCC1.I. The molecule has 2 heterocycles. The first-order chi connectivity index (χ1) is 14.0. The number of rotatable bonds is 7. The van der Waals surface area contributed by atoms with E-state index in [1.807, 2.05) is 14.0 Å². The van der Waals surface area contributed by atoms with Crippen LogP contribution in [-0.2, 0) is 16.7 Å². The number of hydrogen-bond donors (Lipinski definition) is 2. The summed E-state index contributed by atoms with van der Waals surface area (Å²) in [6.45, 7) is 10.6. The highest BCUT2D eigenvalue weighted by atomic mass is 127. The molecule has 3 rings (SSSR count). The molecule has 7 heteroatoms. The number of nitrogens with zero attached hydrogens (tertiary/aromatic N) is 3. The van der Waals surface area contributed by atoms with Crippen molar-refractivity contribution in [1.82, 2.24) is 20.4 Å². The maximum atomic E-state index is 5.67. The average Bonchev–Trinajstić information content (AvgIpc) is 3.05. The fraction of sp³-hybridized carbons (Fsp3) is 0.565. The van der Waals surface area contributed by atoms with Gasteiger partial charge in [0.25, 0.3) is 0 Å². The summed E-state index contributed by atoms with van der Waals surface area (Å²) in [6.07, 6.45) is 3.05. The molecular formula is C23H36IN5O. The number of benzene rings is 1. The first-order valence-electron chi connectivity index (χ1n) is 10.6. The molecule has 1 aromatic carbocycles. The highest BCUT2D eigenvalue weighted by Gasteiger charge is 2.35. The average molecular weight is 525 g/mol. The van der Waals surface area contributed by atoms with E-state index in [4.69, 9.17) is 4.74 Å². The molecule has 0 radical (unpaired) electrons. The Balaban J connectivity index is 0.00000320. The summed E-state index contributed by atoms with van der Waals surface area (Å²) in [5, 5.41) is 11.6. The topological polar surface area (TPSA) is 63.5 Å². The Morgan fingerprint density at radius 2 is 1.90 bits per heavy atom. The van der Waals surface area contributed by atoms with Gasteiger partial charge in [-0.05, 0) is 57.2 Å². The first-order valence-corrected chi connectivity index (χ1v) is 10.6. The number of aliphatic imine (C=N–C) groups is 1. The van der Waals surface area contributed by atoms with Crippen molar-refractivity contribution in [2.24, 2.45) is 4.99 Å². The third kappa shape index (κ3) is 6.20. The van der Waals surface area contributed by atoms with Crippen LogP contribution in [-0.4, -0.2) is 49.1 Å². The molecule has 0 saturated carbocycles. The summed E-state index contributed by atoms with van der Waals surface area (Å²) in [4.78, 5) is 4.43. The van der Waals surface area contributed by atoms with Gasteiger partial charge < -0.3 is 15.4 Å². The fourth-order valence-corrected chi connectivity index (χ4v) is 4.28. The van der Waals surface area contributed by atoms with Crippen LogP contribution >= 0.6 is 24.0 Å². The van der Waals surface area contributed by atoms with Gasteiger partial charge in [-0.15, -0.1) is 24.0 Å². The van der Waals surface area contributed by atoms with Gasteiger partial charge in [0.1, 0.15) is 0 Å². The maximum Gasteiger partial charge on any atom is 0.191 e. The van der Waals surface area contributed by atoms with Crippen molar-refractivity contribution in [2.45, 2.75) is 52.0 Å². The van der Waals surface area contributed by atoms with Crippen LogP contribution in [0, 0.1) is 20.8 Å². The Labute approximate surface area is 197 Å². The summed E-state index contributed by atoms with van der Waals surface area (Å²) < 4.78 is 7.74. The van der Waals surface area contributed by atoms with E-state index < -0.39 is 0 Å². The van der Waals surface area contributed by atoms with Crippen molar-refractivity contribution < 1.29 is 4.74 Å². The van der Waals surface area contributed by atoms with Gasteiger partial charge in [-0.25, -0.2) is 0 Å². The molecule has 1 aliphatic heterocycles. The van der Waals surface area contributed by atoms with E-state index in [2.05, 4.69) is 69.6 Å². The van der Waals surface area contributed by atoms with Gasteiger partial charge in [-0.1, -0.05) is 24.3 Å². The number of ether oxygens (including phenoxy) is 1. The van der Waals surface area contributed by atoms with Crippen molar-refractivity contribution in [3.8, 4) is 0 Å². The fourth-order valence-electron chi connectivity index (χ4n) is 4.28. The van der Waals surface area contributed by atoms with Crippen LogP contribution in [0.1, 0.15) is 41.8 Å². The van der Waals surface area contributed by atoms with Gasteiger partial charge in [0, 0.05) is 51.0 Å². The second-order valence-electron chi connectivity index (χ2n) is 8.06. The second-order valence-corrected chi connectivity index (χ2v) is 8.06. The van der Waals surface area contributed by atoms with Crippen LogP contribution in [0.25, 0.3) is 0 Å². The van der Waals surface area contributed by atoms with E-state index in [9.17, 15) is 0 Å². The quantitative estimate of drug-likeness (QED) is 0.250. The molecule has 1 saturated heterocycles. The molecule has 0 amide bonds. The second kappa shape index (κ2) is 11.7. The van der Waals surface area contributed by atoms with Crippen molar-refractivity contribution in [3.63, 3.8) is 0 Å². The van der Waals surface area contributed by atoms with Gasteiger partial charge in [-0.3, -0.25) is 9.67 Å². The molecule has 1 aromatic heterocycles. The van der Waals surface area contributed by atoms with E-state index in [1.54, 1.807) is 0 Å². The van der Waals surface area contributed by atoms with Crippen LogP contribution in [0.3, 0.4) is 0 Å². The lowest BCUT2D eigenvalue weighted by Crippen LogP contribution is -2.48. The monoisotopic (exact) mass is 525 g/mol. The minimum atomic E-state index is 0. The smallest absolute Gasteiger partial charge is 0.191 e. The minimum absolute atomic E-state index is 0. The van der Waals surface area contributed by atoms with Gasteiger partial charge in [0.2, 0.25) is 0 Å². The van der Waals surface area contributed by atoms with Crippen LogP contribution in [0.2, 0.25) is 0 Å². The maximum absolute atomic E-state index is 5.67. The molecule has 2 N–H and O–H groups in total. The Bertz CT molecular complexity index is 827. The van der Waals surface area contributed by atoms with Gasteiger partial charge >= 0.3 is 0 Å². The number of halogens is 1. The minimum Gasteiger partial charge on any atom is -0.381 e. The van der Waals surface area contributed by atoms with Crippen molar-refractivity contribution in [1.29, 1.82) is 0 Å². The van der Waals surface area contributed by atoms with Gasteiger partial charge in [0.15, 0.2) is 5.96 Å². The van der Waals surface area contributed by atoms with Crippen LogP contribution < -0.4 is 10.6 Å². The van der Waals surface area contributed by atoms with Crippen LogP contribution in [0.15, 0.2) is 35.3 Å². The highest BCUT2D eigenvalue weighted by molar-refractivity contribution is 14.0. The Hall–Kier alpha value is -1.61. The van der Waals surface area contributed by atoms with Gasteiger partial charge in [0.05, 0.1) is 5.69 Å². The number of aryl methyl sites for hydroxylation is 4. The Morgan fingerprint density at radius 1 is 1.17 bits per heavy atom. The lowest BCUT2D eigenvalue weighted by atomic mass is 9.72. The van der Waals surface area contributed by atoms with Crippen LogP contribution in [0.5, 0.6) is 0 Å². The molecule has 0 aliphatic carbocycles. The highest BCUT2D eigenvalue weighted by Crippen LogP contribution is 2.36. The molecule has 1 fully saturated rings. The Morgan fingerprint density at radius 3 is 2.53 bits per heavy atom. The Kier molecular flexibility index (Phi) is 9.61. The number of aromatic nitrogens is 2. The molecule has 166 valence electrons. The lowest BCUT2D eigenvalue weighted by Gasteiger charge is -2.39. The van der Waals surface area contributed by atoms with E-state index in [-0.39, 0.29) is 29.4 Å². The molecule has 0 bridgehead atoms. The van der Waals surface area contributed by atoms with Gasteiger partial charge in [-0.2, -0.15) is 5.10 Å². The molecule has 0 atom stereocenters. The third-order valence-electron chi connectivity index (χ3n) is 5.93. The number of guanidine groups is 1. The first kappa shape index (κ1) is 24.7. The summed E-state index contributed by atoms with van der Waals surface area (Å²) in [5.41, 5.74) is 5.15. The predicted octanol–water partition coefficient (Wildman–Crippen LogP) is 3.73. The molecule has 0 spiro atoms.